The van der Waals surface area contributed by atoms with E-state index < -0.39 is 10.0 Å². The summed E-state index contributed by atoms with van der Waals surface area (Å²) in [6.45, 7) is 9.10. The Bertz CT molecular complexity index is 644. The van der Waals surface area contributed by atoms with Crippen LogP contribution >= 0.6 is 0 Å². The van der Waals surface area contributed by atoms with Crippen LogP contribution in [0.2, 0.25) is 0 Å². The minimum atomic E-state index is -3.47. The van der Waals surface area contributed by atoms with Gasteiger partial charge in [-0.2, -0.15) is 4.31 Å². The highest BCUT2D eigenvalue weighted by Crippen LogP contribution is 2.20. The van der Waals surface area contributed by atoms with Gasteiger partial charge in [0, 0.05) is 38.9 Å². The third-order valence-corrected chi connectivity index (χ3v) is 6.66. The summed E-state index contributed by atoms with van der Waals surface area (Å²) >= 11 is 0. The maximum Gasteiger partial charge on any atom is 0.244 e. The Hall–Kier alpha value is -1.22. The lowest BCUT2D eigenvalue weighted by molar-refractivity contribution is 0.0730. The number of hydrogen-bond donors (Lipinski definition) is 0. The molecule has 0 atom stereocenters. The molecule has 0 aromatic carbocycles. The van der Waals surface area contributed by atoms with Crippen LogP contribution in [0.3, 0.4) is 0 Å². The highest BCUT2D eigenvalue weighted by molar-refractivity contribution is 7.89. The second-order valence-corrected chi connectivity index (χ2v) is 8.49. The van der Waals surface area contributed by atoms with Crippen molar-refractivity contribution in [1.29, 1.82) is 0 Å². The summed E-state index contributed by atoms with van der Waals surface area (Å²) < 4.78 is 32.0. The molecule has 140 valence electrons. The number of rotatable bonds is 5. The van der Waals surface area contributed by atoms with E-state index in [1.165, 1.54) is 16.9 Å². The second kappa shape index (κ2) is 8.44. The summed E-state index contributed by atoms with van der Waals surface area (Å²) in [6.07, 6.45) is 3.77. The topological polar surface area (TPSA) is 66.0 Å². The zero-order valence-corrected chi connectivity index (χ0v) is 15.7. The van der Waals surface area contributed by atoms with E-state index in [0.29, 0.717) is 26.3 Å². The first-order chi connectivity index (χ1) is 12.1. The van der Waals surface area contributed by atoms with Crippen molar-refractivity contribution in [3.63, 3.8) is 0 Å². The number of hydrogen-bond acceptors (Lipinski definition) is 6. The van der Waals surface area contributed by atoms with Crippen molar-refractivity contribution in [1.82, 2.24) is 14.2 Å². The summed E-state index contributed by atoms with van der Waals surface area (Å²) in [4.78, 5) is 9.45. The summed E-state index contributed by atoms with van der Waals surface area (Å²) in [5.74, 6) is 0.860. The van der Waals surface area contributed by atoms with Gasteiger partial charge in [0.05, 0.1) is 13.2 Å². The Morgan fingerprint density at radius 3 is 2.56 bits per heavy atom. The number of nitrogens with zero attached hydrogens (tertiary/aromatic N) is 4. The lowest BCUT2D eigenvalue weighted by Gasteiger charge is -2.26. The Labute approximate surface area is 150 Å². The zero-order chi connectivity index (χ0) is 17.7. The number of morpholine rings is 1. The fraction of sp³-hybridized carbons (Fsp3) is 0.706. The average molecular weight is 369 g/mol. The largest absolute Gasteiger partial charge is 0.379 e. The van der Waals surface area contributed by atoms with Gasteiger partial charge in [0.15, 0.2) is 0 Å². The molecule has 2 aliphatic rings. The van der Waals surface area contributed by atoms with Gasteiger partial charge in [-0.15, -0.1) is 0 Å². The maximum absolute atomic E-state index is 12.7. The summed E-state index contributed by atoms with van der Waals surface area (Å²) in [7, 11) is -3.47. The van der Waals surface area contributed by atoms with E-state index in [1.807, 2.05) is 6.07 Å². The Kier molecular flexibility index (Phi) is 6.27. The van der Waals surface area contributed by atoms with Gasteiger partial charge in [0.1, 0.15) is 10.7 Å². The molecule has 0 aliphatic carbocycles. The van der Waals surface area contributed by atoms with E-state index in [9.17, 15) is 8.42 Å². The number of ether oxygens (including phenoxy) is 1. The highest BCUT2D eigenvalue weighted by atomic mass is 32.2. The van der Waals surface area contributed by atoms with Gasteiger partial charge in [-0.05, 0) is 38.1 Å². The standard InChI is InChI=1S/C17H28N4O3S/c1-2-6-19-7-3-8-20(10-9-19)17-5-4-16(15-18-17)25(22,23)21-11-13-24-14-12-21/h4-5,15H,2-3,6-14H2,1H3. The van der Waals surface area contributed by atoms with Crippen molar-refractivity contribution in [2.24, 2.45) is 0 Å². The van der Waals surface area contributed by atoms with Gasteiger partial charge in [-0.1, -0.05) is 6.92 Å². The van der Waals surface area contributed by atoms with Crippen molar-refractivity contribution in [2.45, 2.75) is 24.7 Å². The van der Waals surface area contributed by atoms with Gasteiger partial charge in [0.2, 0.25) is 10.0 Å². The normalized spacial score (nSPS) is 21.2. The van der Waals surface area contributed by atoms with E-state index in [1.54, 1.807) is 6.07 Å². The molecule has 0 bridgehead atoms. The molecular weight excluding hydrogens is 340 g/mol. The average Bonchev–Trinajstić information content (AvgIpc) is 2.89. The maximum atomic E-state index is 12.7. The molecule has 3 heterocycles. The molecule has 0 N–H and O–H groups in total. The van der Waals surface area contributed by atoms with E-state index in [-0.39, 0.29) is 4.90 Å². The first-order valence-electron chi connectivity index (χ1n) is 9.12. The molecule has 2 aliphatic heterocycles. The van der Waals surface area contributed by atoms with Crippen LogP contribution < -0.4 is 4.90 Å². The third-order valence-electron chi connectivity index (χ3n) is 4.78. The molecule has 0 radical (unpaired) electrons. The van der Waals surface area contributed by atoms with Crippen molar-refractivity contribution in [2.75, 3.05) is 63.9 Å². The van der Waals surface area contributed by atoms with Crippen LogP contribution in [0.25, 0.3) is 0 Å². The number of anilines is 1. The van der Waals surface area contributed by atoms with Crippen LogP contribution in [0.5, 0.6) is 0 Å². The van der Waals surface area contributed by atoms with E-state index in [2.05, 4.69) is 21.7 Å². The SMILES string of the molecule is CCCN1CCCN(c2ccc(S(=O)(=O)N3CCOCC3)cn2)CC1. The molecule has 7 nitrogen and oxygen atoms in total. The summed E-state index contributed by atoms with van der Waals surface area (Å²) in [5.41, 5.74) is 0. The first-order valence-corrected chi connectivity index (χ1v) is 10.6. The molecule has 0 spiro atoms. The molecule has 3 rings (SSSR count). The molecule has 0 unspecified atom stereocenters. The molecule has 8 heteroatoms. The first kappa shape index (κ1) is 18.6. The molecular formula is C17H28N4O3S. The fourth-order valence-corrected chi connectivity index (χ4v) is 4.74. The Morgan fingerprint density at radius 2 is 1.88 bits per heavy atom. The fourth-order valence-electron chi connectivity index (χ4n) is 3.39. The Balaban J connectivity index is 1.67. The van der Waals surface area contributed by atoms with E-state index in [0.717, 1.165) is 45.0 Å². The van der Waals surface area contributed by atoms with Gasteiger partial charge in [0.25, 0.3) is 0 Å². The van der Waals surface area contributed by atoms with Gasteiger partial charge in [-0.3, -0.25) is 0 Å². The van der Waals surface area contributed by atoms with Crippen LogP contribution in [0.4, 0.5) is 5.82 Å². The third kappa shape index (κ3) is 4.49. The van der Waals surface area contributed by atoms with Crippen LogP contribution in [-0.4, -0.2) is 81.6 Å². The predicted molar refractivity (Wildman–Crippen MR) is 97.4 cm³/mol. The number of sulfonamides is 1. The molecule has 2 fully saturated rings. The molecule has 1 aromatic heterocycles. The van der Waals surface area contributed by atoms with Crippen LogP contribution in [-0.2, 0) is 14.8 Å². The van der Waals surface area contributed by atoms with E-state index >= 15 is 0 Å². The van der Waals surface area contributed by atoms with E-state index in [4.69, 9.17) is 4.74 Å². The van der Waals surface area contributed by atoms with Crippen molar-refractivity contribution in [3.05, 3.63) is 18.3 Å². The Morgan fingerprint density at radius 1 is 1.08 bits per heavy atom. The minimum Gasteiger partial charge on any atom is -0.379 e. The van der Waals surface area contributed by atoms with Crippen molar-refractivity contribution < 1.29 is 13.2 Å². The zero-order valence-electron chi connectivity index (χ0n) is 14.9. The van der Waals surface area contributed by atoms with Crippen LogP contribution in [0.15, 0.2) is 23.2 Å². The number of pyridine rings is 1. The molecule has 25 heavy (non-hydrogen) atoms. The highest BCUT2D eigenvalue weighted by Gasteiger charge is 2.27. The lowest BCUT2D eigenvalue weighted by Crippen LogP contribution is -2.40. The van der Waals surface area contributed by atoms with Gasteiger partial charge in [-0.25, -0.2) is 13.4 Å². The van der Waals surface area contributed by atoms with Crippen LogP contribution in [0.1, 0.15) is 19.8 Å². The molecule has 0 saturated carbocycles. The van der Waals surface area contributed by atoms with Gasteiger partial charge < -0.3 is 14.5 Å². The smallest absolute Gasteiger partial charge is 0.244 e. The van der Waals surface area contributed by atoms with Crippen LogP contribution in [0, 0.1) is 0 Å². The van der Waals surface area contributed by atoms with Crippen molar-refractivity contribution >= 4 is 15.8 Å². The molecule has 2 saturated heterocycles. The number of aromatic nitrogens is 1. The van der Waals surface area contributed by atoms with Crippen molar-refractivity contribution in [3.8, 4) is 0 Å². The molecule has 1 aromatic rings. The van der Waals surface area contributed by atoms with Gasteiger partial charge >= 0.3 is 0 Å². The minimum absolute atomic E-state index is 0.264. The summed E-state index contributed by atoms with van der Waals surface area (Å²) in [5, 5.41) is 0. The quantitative estimate of drug-likeness (QED) is 0.773. The lowest BCUT2D eigenvalue weighted by atomic mass is 10.3. The second-order valence-electron chi connectivity index (χ2n) is 6.55. The monoisotopic (exact) mass is 368 g/mol. The molecule has 0 amide bonds. The summed E-state index contributed by atoms with van der Waals surface area (Å²) in [6, 6.07) is 3.52. The predicted octanol–water partition coefficient (Wildman–Crippen LogP) is 1.02.